The molecule has 18 heavy (non-hydrogen) atoms. The van der Waals surface area contributed by atoms with Gasteiger partial charge in [0.05, 0.1) is 3.79 Å². The van der Waals surface area contributed by atoms with Crippen molar-refractivity contribution in [2.45, 2.75) is 12.5 Å². The Morgan fingerprint density at radius 2 is 2.22 bits per heavy atom. The highest BCUT2D eigenvalue weighted by Gasteiger charge is 2.17. The van der Waals surface area contributed by atoms with Crippen LogP contribution in [0.25, 0.3) is 6.08 Å². The fourth-order valence-electron chi connectivity index (χ4n) is 1.18. The van der Waals surface area contributed by atoms with Crippen LogP contribution in [0.3, 0.4) is 0 Å². The van der Waals surface area contributed by atoms with Gasteiger partial charge in [0.2, 0.25) is 5.91 Å². The molecular weight excluding hydrogens is 322 g/mol. The van der Waals surface area contributed by atoms with E-state index >= 15 is 0 Å². The quantitative estimate of drug-likeness (QED) is 0.688. The highest BCUT2D eigenvalue weighted by Crippen LogP contribution is 2.22. The molecule has 0 unspecified atom stereocenters. The van der Waals surface area contributed by atoms with Crippen molar-refractivity contribution in [3.05, 3.63) is 26.9 Å². The summed E-state index contributed by atoms with van der Waals surface area (Å²) in [5.41, 5.74) is 0. The summed E-state index contributed by atoms with van der Waals surface area (Å²) in [7, 11) is 0. The maximum absolute atomic E-state index is 11.5. The predicted octanol–water partition coefficient (Wildman–Crippen LogP) is 1.48. The first kappa shape index (κ1) is 14.9. The highest BCUT2D eigenvalue weighted by atomic mass is 79.9. The number of aliphatic hydroxyl groups excluding tert-OH is 1. The summed E-state index contributed by atoms with van der Waals surface area (Å²) in [6.45, 7) is -0.293. The Labute approximate surface area is 116 Å². The number of hydrogen-bond donors (Lipinski definition) is 3. The number of nitrogens with one attached hydrogen (secondary N) is 1. The van der Waals surface area contributed by atoms with E-state index < -0.39 is 17.9 Å². The van der Waals surface area contributed by atoms with Crippen LogP contribution >= 0.6 is 27.3 Å². The lowest BCUT2D eigenvalue weighted by Crippen LogP contribution is -2.40. The zero-order valence-electron chi connectivity index (χ0n) is 9.30. The van der Waals surface area contributed by atoms with E-state index in [0.29, 0.717) is 0 Å². The number of carboxylic acids is 1. The molecule has 1 rings (SSSR count). The number of amides is 1. The lowest BCUT2D eigenvalue weighted by molar-refractivity contribution is -0.141. The van der Waals surface area contributed by atoms with Crippen molar-refractivity contribution in [1.82, 2.24) is 5.32 Å². The molecule has 1 aromatic heterocycles. The van der Waals surface area contributed by atoms with Crippen molar-refractivity contribution in [1.29, 1.82) is 0 Å². The van der Waals surface area contributed by atoms with Crippen LogP contribution in [0.4, 0.5) is 0 Å². The lowest BCUT2D eigenvalue weighted by atomic mass is 10.2. The van der Waals surface area contributed by atoms with Gasteiger partial charge in [-0.1, -0.05) is 0 Å². The molecule has 0 saturated heterocycles. The van der Waals surface area contributed by atoms with E-state index in [-0.39, 0.29) is 13.0 Å². The second kappa shape index (κ2) is 7.30. The summed E-state index contributed by atoms with van der Waals surface area (Å²) in [4.78, 5) is 23.1. The summed E-state index contributed by atoms with van der Waals surface area (Å²) in [5.74, 6) is -1.66. The molecule has 0 saturated carbocycles. The van der Waals surface area contributed by atoms with E-state index in [1.54, 1.807) is 6.08 Å². The highest BCUT2D eigenvalue weighted by molar-refractivity contribution is 9.11. The van der Waals surface area contributed by atoms with E-state index in [0.717, 1.165) is 8.66 Å². The van der Waals surface area contributed by atoms with Gasteiger partial charge in [-0.2, -0.15) is 0 Å². The standard InChI is InChI=1S/C11H12BrNO4S/c12-9-3-1-7(18-9)2-4-10(15)13-8(5-6-14)11(16)17/h1-4,8,14H,5-6H2,(H,13,15)(H,16,17)/b4-2+/t8-/m0/s1. The first-order valence-corrected chi connectivity index (χ1v) is 6.71. The minimum atomic E-state index is -1.16. The van der Waals surface area contributed by atoms with Gasteiger partial charge in [-0.25, -0.2) is 4.79 Å². The van der Waals surface area contributed by atoms with Crippen LogP contribution in [-0.4, -0.2) is 34.7 Å². The molecule has 0 bridgehead atoms. The maximum atomic E-state index is 11.5. The van der Waals surface area contributed by atoms with Crippen molar-refractivity contribution >= 4 is 45.2 Å². The van der Waals surface area contributed by atoms with E-state index in [1.807, 2.05) is 12.1 Å². The monoisotopic (exact) mass is 333 g/mol. The van der Waals surface area contributed by atoms with Crippen molar-refractivity contribution < 1.29 is 19.8 Å². The van der Waals surface area contributed by atoms with Crippen molar-refractivity contribution in [2.75, 3.05) is 6.61 Å². The topological polar surface area (TPSA) is 86.6 Å². The Kier molecular flexibility index (Phi) is 6.03. The smallest absolute Gasteiger partial charge is 0.326 e. The number of carbonyl (C=O) groups is 2. The Hall–Kier alpha value is -1.18. The van der Waals surface area contributed by atoms with Crippen LogP contribution in [-0.2, 0) is 9.59 Å². The fraction of sp³-hybridized carbons (Fsp3) is 0.273. The third-order valence-corrected chi connectivity index (χ3v) is 3.61. The number of aliphatic hydroxyl groups is 1. The molecule has 0 aliphatic carbocycles. The lowest BCUT2D eigenvalue weighted by Gasteiger charge is -2.10. The van der Waals surface area contributed by atoms with Gasteiger partial charge in [-0.15, -0.1) is 11.3 Å². The summed E-state index contributed by atoms with van der Waals surface area (Å²) in [6, 6.07) is 2.62. The van der Waals surface area contributed by atoms with E-state index in [9.17, 15) is 9.59 Å². The molecule has 0 aliphatic heterocycles. The number of carbonyl (C=O) groups excluding carboxylic acids is 1. The third kappa shape index (κ3) is 4.99. The molecule has 0 spiro atoms. The van der Waals surface area contributed by atoms with Gasteiger partial charge in [-0.05, 0) is 34.1 Å². The zero-order valence-corrected chi connectivity index (χ0v) is 11.7. The molecule has 5 nitrogen and oxygen atoms in total. The average Bonchev–Trinajstić information content (AvgIpc) is 2.72. The van der Waals surface area contributed by atoms with Gasteiger partial charge in [0.25, 0.3) is 0 Å². The van der Waals surface area contributed by atoms with Gasteiger partial charge in [0, 0.05) is 24.0 Å². The molecule has 98 valence electrons. The van der Waals surface area contributed by atoms with Crippen molar-refractivity contribution in [3.63, 3.8) is 0 Å². The number of halogens is 1. The number of hydrogen-bond acceptors (Lipinski definition) is 4. The third-order valence-electron chi connectivity index (χ3n) is 2.03. The Bertz CT molecular complexity index is 458. The van der Waals surface area contributed by atoms with Gasteiger partial charge >= 0.3 is 5.97 Å². The first-order chi connectivity index (χ1) is 8.52. The van der Waals surface area contributed by atoms with Gasteiger partial charge in [0.1, 0.15) is 6.04 Å². The molecule has 7 heteroatoms. The SMILES string of the molecule is O=C(/C=C/c1ccc(Br)s1)N[C@@H](CCO)C(=O)O. The average molecular weight is 334 g/mol. The maximum Gasteiger partial charge on any atom is 0.326 e. The van der Waals surface area contributed by atoms with Crippen LogP contribution in [0.15, 0.2) is 22.0 Å². The van der Waals surface area contributed by atoms with Gasteiger partial charge in [-0.3, -0.25) is 4.79 Å². The van der Waals surface area contributed by atoms with Crippen LogP contribution in [0.2, 0.25) is 0 Å². The zero-order chi connectivity index (χ0) is 13.5. The van der Waals surface area contributed by atoms with Crippen LogP contribution in [0.5, 0.6) is 0 Å². The molecule has 1 atom stereocenters. The summed E-state index contributed by atoms with van der Waals surface area (Å²) in [5, 5.41) is 19.8. The second-order valence-electron chi connectivity index (χ2n) is 3.39. The minimum absolute atomic E-state index is 0.0144. The van der Waals surface area contributed by atoms with Crippen LogP contribution in [0.1, 0.15) is 11.3 Å². The molecule has 1 heterocycles. The summed E-state index contributed by atoms with van der Waals surface area (Å²) >= 11 is 4.76. The van der Waals surface area contributed by atoms with Crippen LogP contribution < -0.4 is 5.32 Å². The molecule has 1 aromatic rings. The number of aliphatic carboxylic acids is 1. The molecular formula is C11H12BrNO4S. The molecule has 0 radical (unpaired) electrons. The van der Waals surface area contributed by atoms with Crippen molar-refractivity contribution in [3.8, 4) is 0 Å². The second-order valence-corrected chi connectivity index (χ2v) is 5.88. The van der Waals surface area contributed by atoms with E-state index in [4.69, 9.17) is 10.2 Å². The van der Waals surface area contributed by atoms with E-state index in [2.05, 4.69) is 21.2 Å². The van der Waals surface area contributed by atoms with Gasteiger partial charge in [0.15, 0.2) is 0 Å². The summed E-state index contributed by atoms with van der Waals surface area (Å²) in [6.07, 6.45) is 2.85. The minimum Gasteiger partial charge on any atom is -0.480 e. The normalized spacial score (nSPS) is 12.6. The van der Waals surface area contributed by atoms with Crippen LogP contribution in [0, 0.1) is 0 Å². The predicted molar refractivity (Wildman–Crippen MR) is 72.3 cm³/mol. The molecule has 3 N–H and O–H groups in total. The number of thiophene rings is 1. The van der Waals surface area contributed by atoms with Gasteiger partial charge < -0.3 is 15.5 Å². The molecule has 0 aliphatic rings. The molecule has 1 amide bonds. The number of carboxylic acid groups (broad SMARTS) is 1. The number of rotatable bonds is 6. The first-order valence-electron chi connectivity index (χ1n) is 5.10. The van der Waals surface area contributed by atoms with E-state index in [1.165, 1.54) is 17.4 Å². The van der Waals surface area contributed by atoms with Crippen molar-refractivity contribution in [2.24, 2.45) is 0 Å². The Balaban J connectivity index is 2.54. The molecule has 0 aromatic carbocycles. The Morgan fingerprint density at radius 1 is 1.50 bits per heavy atom. The Morgan fingerprint density at radius 3 is 2.72 bits per heavy atom. The fourth-order valence-corrected chi connectivity index (χ4v) is 2.51. The molecule has 0 fully saturated rings. The largest absolute Gasteiger partial charge is 0.480 e. The summed E-state index contributed by atoms with van der Waals surface area (Å²) < 4.78 is 0.950.